The molecule has 1 N–H and O–H groups in total. The molecule has 118 valence electrons. The molecule has 0 aromatic carbocycles. The summed E-state index contributed by atoms with van der Waals surface area (Å²) >= 11 is 2.90. The average molecular weight is 350 g/mol. The highest BCUT2D eigenvalue weighted by Gasteiger charge is 2.30. The quantitative estimate of drug-likeness (QED) is 0.635. The number of nitrogens with zero attached hydrogens (tertiary/aromatic N) is 3. The monoisotopic (exact) mass is 350 g/mol. The average Bonchev–Trinajstić information content (AvgIpc) is 2.86. The maximum absolute atomic E-state index is 12.2. The van der Waals surface area contributed by atoms with Crippen LogP contribution in [-0.4, -0.2) is 53.9 Å². The fourth-order valence-corrected chi connectivity index (χ4v) is 4.67. The number of amides is 1. The molecule has 7 nitrogen and oxygen atoms in total. The lowest BCUT2D eigenvalue weighted by atomic mass is 9.99. The smallest absolute Gasteiger partial charge is 0.230 e. The summed E-state index contributed by atoms with van der Waals surface area (Å²) in [6.45, 7) is 2.74. The molecule has 1 fully saturated rings. The summed E-state index contributed by atoms with van der Waals surface area (Å²) in [6, 6.07) is 0. The lowest BCUT2D eigenvalue weighted by molar-refractivity contribution is -0.120. The number of carbonyl (C=O) groups is 1. The number of anilines is 1. The molecule has 1 aliphatic heterocycles. The molecule has 0 aliphatic carbocycles. The van der Waals surface area contributed by atoms with Crippen molar-refractivity contribution in [2.24, 2.45) is 5.92 Å². The van der Waals surface area contributed by atoms with Gasteiger partial charge in [-0.05, 0) is 18.6 Å². The SMILES string of the molecule is CCSc1nnc(NC(=O)C2CCCN(S(C)(=O)=O)C2)s1. The third kappa shape index (κ3) is 4.63. The van der Waals surface area contributed by atoms with Gasteiger partial charge in [0, 0.05) is 13.1 Å². The highest BCUT2D eigenvalue weighted by Crippen LogP contribution is 2.26. The molecule has 1 saturated heterocycles. The van der Waals surface area contributed by atoms with E-state index in [4.69, 9.17) is 0 Å². The predicted molar refractivity (Wildman–Crippen MR) is 84.1 cm³/mol. The Bertz CT molecular complexity index is 602. The van der Waals surface area contributed by atoms with Crippen LogP contribution in [0, 0.1) is 5.92 Å². The van der Waals surface area contributed by atoms with Crippen LogP contribution in [0.2, 0.25) is 0 Å². The van der Waals surface area contributed by atoms with Crippen LogP contribution in [0.4, 0.5) is 5.13 Å². The van der Waals surface area contributed by atoms with Crippen molar-refractivity contribution < 1.29 is 13.2 Å². The lowest BCUT2D eigenvalue weighted by Crippen LogP contribution is -2.43. The van der Waals surface area contributed by atoms with Crippen molar-refractivity contribution in [3.63, 3.8) is 0 Å². The number of aromatic nitrogens is 2. The summed E-state index contributed by atoms with van der Waals surface area (Å²) in [5.74, 6) is 0.376. The second-order valence-corrected chi connectivity index (χ2v) is 9.23. The van der Waals surface area contributed by atoms with Gasteiger partial charge in [0.25, 0.3) is 0 Å². The first-order chi connectivity index (χ1) is 9.90. The molecule has 2 rings (SSSR count). The molecule has 1 unspecified atom stereocenters. The number of rotatable bonds is 5. The van der Waals surface area contributed by atoms with Crippen molar-refractivity contribution in [2.75, 3.05) is 30.4 Å². The number of sulfonamides is 1. The molecule has 0 spiro atoms. The zero-order valence-corrected chi connectivity index (χ0v) is 14.4. The van der Waals surface area contributed by atoms with Crippen LogP contribution in [0.5, 0.6) is 0 Å². The normalized spacial score (nSPS) is 20.4. The van der Waals surface area contributed by atoms with E-state index in [-0.39, 0.29) is 18.4 Å². The minimum Gasteiger partial charge on any atom is -0.300 e. The number of carbonyl (C=O) groups excluding carboxylic acids is 1. The predicted octanol–water partition coefficient (Wildman–Crippen LogP) is 1.26. The van der Waals surface area contributed by atoms with Gasteiger partial charge < -0.3 is 5.32 Å². The van der Waals surface area contributed by atoms with E-state index in [1.165, 1.54) is 21.9 Å². The molecular formula is C11H18N4O3S3. The minimum absolute atomic E-state index is 0.187. The van der Waals surface area contributed by atoms with Crippen LogP contribution in [0.15, 0.2) is 4.34 Å². The molecule has 10 heteroatoms. The Hall–Kier alpha value is -0.710. The van der Waals surface area contributed by atoms with Crippen molar-refractivity contribution in [3.05, 3.63) is 0 Å². The van der Waals surface area contributed by atoms with Gasteiger partial charge in [-0.3, -0.25) is 4.79 Å². The van der Waals surface area contributed by atoms with Crippen LogP contribution in [0.3, 0.4) is 0 Å². The first kappa shape index (κ1) is 16.7. The summed E-state index contributed by atoms with van der Waals surface area (Å²) in [6.07, 6.45) is 2.55. The summed E-state index contributed by atoms with van der Waals surface area (Å²) < 4.78 is 25.3. The van der Waals surface area contributed by atoms with Crippen molar-refractivity contribution in [1.82, 2.24) is 14.5 Å². The number of piperidine rings is 1. The summed E-state index contributed by atoms with van der Waals surface area (Å²) in [5, 5.41) is 11.1. The molecule has 2 heterocycles. The molecule has 0 saturated carbocycles. The Morgan fingerprint density at radius 1 is 1.52 bits per heavy atom. The molecule has 1 amide bonds. The van der Waals surface area contributed by atoms with E-state index in [0.717, 1.165) is 10.1 Å². The van der Waals surface area contributed by atoms with E-state index < -0.39 is 10.0 Å². The second-order valence-electron chi connectivity index (χ2n) is 4.76. The van der Waals surface area contributed by atoms with E-state index in [1.807, 2.05) is 6.92 Å². The van der Waals surface area contributed by atoms with Crippen LogP contribution in [0.25, 0.3) is 0 Å². The minimum atomic E-state index is -3.24. The third-order valence-electron chi connectivity index (χ3n) is 3.13. The fourth-order valence-electron chi connectivity index (χ4n) is 2.11. The highest BCUT2D eigenvalue weighted by molar-refractivity contribution is 8.01. The van der Waals surface area contributed by atoms with Crippen LogP contribution < -0.4 is 5.32 Å². The van der Waals surface area contributed by atoms with Gasteiger partial charge in [0.15, 0.2) is 4.34 Å². The Balaban J connectivity index is 1.96. The topological polar surface area (TPSA) is 92.3 Å². The Kier molecular flexibility index (Phi) is 5.58. The molecule has 0 bridgehead atoms. The Morgan fingerprint density at radius 2 is 2.29 bits per heavy atom. The standard InChI is InChI=1S/C11H18N4O3S3/c1-3-19-11-14-13-10(20-11)12-9(16)8-5-4-6-15(7-8)21(2,17)18/h8H,3-7H2,1-2H3,(H,12,13,16). The number of thioether (sulfide) groups is 1. The maximum atomic E-state index is 12.2. The molecular weight excluding hydrogens is 332 g/mol. The number of hydrogen-bond acceptors (Lipinski definition) is 7. The van der Waals surface area contributed by atoms with Gasteiger partial charge in [0.1, 0.15) is 0 Å². The van der Waals surface area contributed by atoms with Crippen molar-refractivity contribution in [2.45, 2.75) is 24.1 Å². The van der Waals surface area contributed by atoms with Gasteiger partial charge in [-0.25, -0.2) is 12.7 Å². The van der Waals surface area contributed by atoms with Crippen LogP contribution in [0.1, 0.15) is 19.8 Å². The number of nitrogens with one attached hydrogen (secondary N) is 1. The molecule has 21 heavy (non-hydrogen) atoms. The zero-order valence-electron chi connectivity index (χ0n) is 11.9. The van der Waals surface area contributed by atoms with E-state index in [0.29, 0.717) is 24.5 Å². The van der Waals surface area contributed by atoms with Gasteiger partial charge >= 0.3 is 0 Å². The van der Waals surface area contributed by atoms with Gasteiger partial charge in [-0.2, -0.15) is 0 Å². The van der Waals surface area contributed by atoms with Gasteiger partial charge in [-0.1, -0.05) is 30.0 Å². The Morgan fingerprint density at radius 3 is 2.95 bits per heavy atom. The van der Waals surface area contributed by atoms with Crippen molar-refractivity contribution >= 4 is 44.2 Å². The van der Waals surface area contributed by atoms with Gasteiger partial charge in [0.2, 0.25) is 21.1 Å². The first-order valence-corrected chi connectivity index (χ1v) is 10.3. The highest BCUT2D eigenvalue weighted by atomic mass is 32.2. The molecule has 1 atom stereocenters. The Labute approximate surface area is 132 Å². The lowest BCUT2D eigenvalue weighted by Gasteiger charge is -2.29. The largest absolute Gasteiger partial charge is 0.300 e. The summed E-state index contributed by atoms with van der Waals surface area (Å²) in [5.41, 5.74) is 0. The number of hydrogen-bond donors (Lipinski definition) is 1. The molecule has 1 aliphatic rings. The van der Waals surface area contributed by atoms with E-state index in [2.05, 4.69) is 15.5 Å². The maximum Gasteiger partial charge on any atom is 0.230 e. The van der Waals surface area contributed by atoms with E-state index in [9.17, 15) is 13.2 Å². The van der Waals surface area contributed by atoms with Crippen LogP contribution >= 0.6 is 23.1 Å². The fraction of sp³-hybridized carbons (Fsp3) is 0.727. The zero-order chi connectivity index (χ0) is 15.5. The molecule has 1 aromatic heterocycles. The van der Waals surface area contributed by atoms with Crippen molar-refractivity contribution in [1.29, 1.82) is 0 Å². The molecule has 1 aromatic rings. The first-order valence-electron chi connectivity index (χ1n) is 6.62. The van der Waals surface area contributed by atoms with Gasteiger partial charge in [0.05, 0.1) is 12.2 Å². The summed E-state index contributed by atoms with van der Waals surface area (Å²) in [7, 11) is -3.24. The van der Waals surface area contributed by atoms with Gasteiger partial charge in [-0.15, -0.1) is 10.2 Å². The van der Waals surface area contributed by atoms with Crippen molar-refractivity contribution in [3.8, 4) is 0 Å². The third-order valence-corrected chi connectivity index (χ3v) is 6.25. The summed E-state index contributed by atoms with van der Waals surface area (Å²) in [4.78, 5) is 12.2. The van der Waals surface area contributed by atoms with E-state index >= 15 is 0 Å². The second kappa shape index (κ2) is 7.03. The van der Waals surface area contributed by atoms with Crippen LogP contribution in [-0.2, 0) is 14.8 Å². The molecule has 0 radical (unpaired) electrons. The van der Waals surface area contributed by atoms with E-state index in [1.54, 1.807) is 11.8 Å².